The molecule has 0 radical (unpaired) electrons. The fourth-order valence-corrected chi connectivity index (χ4v) is 3.12. The van der Waals surface area contributed by atoms with Crippen molar-refractivity contribution in [2.45, 2.75) is 43.5 Å². The van der Waals surface area contributed by atoms with E-state index in [0.29, 0.717) is 11.7 Å². The van der Waals surface area contributed by atoms with Crippen LogP contribution in [0.15, 0.2) is 23.1 Å². The number of nitrogens with zero attached hydrogens (tertiary/aromatic N) is 1. The summed E-state index contributed by atoms with van der Waals surface area (Å²) in [7, 11) is -3.69. The van der Waals surface area contributed by atoms with E-state index in [-0.39, 0.29) is 4.90 Å². The van der Waals surface area contributed by atoms with Crippen LogP contribution in [0.3, 0.4) is 0 Å². The fraction of sp³-hybridized carbons (Fsp3) is 0.538. The molecule has 1 heterocycles. The molecule has 2 rings (SSSR count). The topological polar surface area (TPSA) is 89.4 Å². The van der Waals surface area contributed by atoms with Crippen LogP contribution in [0.2, 0.25) is 0 Å². The molecule has 1 aromatic carbocycles. The summed E-state index contributed by atoms with van der Waals surface area (Å²) in [6.45, 7) is 3.05. The number of rotatable bonds is 2. The number of hydrogen-bond donors (Lipinski definition) is 2. The normalized spacial score (nSPS) is 21.2. The second-order valence-corrected chi connectivity index (χ2v) is 6.72. The highest BCUT2D eigenvalue weighted by atomic mass is 32.2. The quantitative estimate of drug-likeness (QED) is 0.808. The summed E-state index contributed by atoms with van der Waals surface area (Å²) in [4.78, 5) is 2.31. The molecule has 4 N–H and O–H groups in total. The van der Waals surface area contributed by atoms with Crippen molar-refractivity contribution < 1.29 is 8.42 Å². The van der Waals surface area contributed by atoms with Crippen LogP contribution >= 0.6 is 0 Å². The van der Waals surface area contributed by atoms with Gasteiger partial charge in [-0.2, -0.15) is 0 Å². The number of primary sulfonamides is 1. The van der Waals surface area contributed by atoms with E-state index in [2.05, 4.69) is 11.8 Å². The molecule has 1 atom stereocenters. The highest BCUT2D eigenvalue weighted by Crippen LogP contribution is 2.30. The zero-order chi connectivity index (χ0) is 14.0. The number of nitrogens with two attached hydrogens (primary N) is 2. The fourth-order valence-electron chi connectivity index (χ4n) is 2.58. The Morgan fingerprint density at radius 1 is 1.26 bits per heavy atom. The predicted molar refractivity (Wildman–Crippen MR) is 77.5 cm³/mol. The monoisotopic (exact) mass is 283 g/mol. The van der Waals surface area contributed by atoms with E-state index >= 15 is 0 Å². The molecule has 5 nitrogen and oxygen atoms in total. The molecule has 1 saturated heterocycles. The van der Waals surface area contributed by atoms with Crippen molar-refractivity contribution in [3.8, 4) is 0 Å². The van der Waals surface area contributed by atoms with Gasteiger partial charge in [0.1, 0.15) is 0 Å². The summed E-state index contributed by atoms with van der Waals surface area (Å²) >= 11 is 0. The number of anilines is 2. The minimum atomic E-state index is -3.69. The maximum absolute atomic E-state index is 11.4. The Morgan fingerprint density at radius 2 is 2.00 bits per heavy atom. The zero-order valence-electron chi connectivity index (χ0n) is 11.2. The molecule has 1 fully saturated rings. The molecular weight excluding hydrogens is 262 g/mol. The lowest BCUT2D eigenvalue weighted by Crippen LogP contribution is -2.33. The van der Waals surface area contributed by atoms with Gasteiger partial charge in [-0.3, -0.25) is 0 Å². The minimum Gasteiger partial charge on any atom is -0.397 e. The molecular formula is C13H21N3O2S. The lowest BCUT2D eigenvalue weighted by Gasteiger charge is -2.30. The highest BCUT2D eigenvalue weighted by Gasteiger charge is 2.21. The molecule has 1 aliphatic heterocycles. The van der Waals surface area contributed by atoms with E-state index in [4.69, 9.17) is 10.9 Å². The Morgan fingerprint density at radius 3 is 2.68 bits per heavy atom. The Kier molecular flexibility index (Phi) is 4.01. The largest absolute Gasteiger partial charge is 0.397 e. The second-order valence-electron chi connectivity index (χ2n) is 5.16. The predicted octanol–water partition coefficient (Wildman–Crippen LogP) is 1.69. The maximum Gasteiger partial charge on any atom is 0.238 e. The molecule has 6 heteroatoms. The second kappa shape index (κ2) is 5.38. The Labute approximate surface area is 114 Å². The van der Waals surface area contributed by atoms with Crippen LogP contribution < -0.4 is 15.8 Å². The van der Waals surface area contributed by atoms with Crippen LogP contribution in [0.25, 0.3) is 0 Å². The number of hydrogen-bond acceptors (Lipinski definition) is 4. The first kappa shape index (κ1) is 14.1. The third kappa shape index (κ3) is 3.19. The summed E-state index contributed by atoms with van der Waals surface area (Å²) in [6, 6.07) is 5.02. The number of nitrogen functional groups attached to an aromatic ring is 1. The Balaban J connectivity index is 2.42. The Bertz CT molecular complexity index is 557. The van der Waals surface area contributed by atoms with E-state index in [1.807, 2.05) is 0 Å². The van der Waals surface area contributed by atoms with Crippen molar-refractivity contribution in [2.24, 2.45) is 5.14 Å². The average Bonchev–Trinajstić information content (AvgIpc) is 2.53. The molecule has 0 bridgehead atoms. The third-order valence-electron chi connectivity index (χ3n) is 3.69. The van der Waals surface area contributed by atoms with Crippen LogP contribution in [0, 0.1) is 0 Å². The van der Waals surface area contributed by atoms with E-state index < -0.39 is 10.0 Å². The molecule has 1 aliphatic rings. The van der Waals surface area contributed by atoms with Crippen molar-refractivity contribution in [1.82, 2.24) is 0 Å². The van der Waals surface area contributed by atoms with Crippen LogP contribution in [-0.2, 0) is 10.0 Å². The van der Waals surface area contributed by atoms with Gasteiger partial charge in [-0.15, -0.1) is 0 Å². The van der Waals surface area contributed by atoms with Crippen LogP contribution in [-0.4, -0.2) is 21.0 Å². The van der Waals surface area contributed by atoms with Crippen LogP contribution in [0.4, 0.5) is 11.4 Å². The van der Waals surface area contributed by atoms with Gasteiger partial charge in [0.25, 0.3) is 0 Å². The summed E-state index contributed by atoms with van der Waals surface area (Å²) in [5, 5.41) is 5.18. The van der Waals surface area contributed by atoms with Gasteiger partial charge in [-0.05, 0) is 38.0 Å². The summed E-state index contributed by atoms with van der Waals surface area (Å²) in [6.07, 6.45) is 4.60. The lowest BCUT2D eigenvalue weighted by molar-refractivity contribution is 0.597. The van der Waals surface area contributed by atoms with Crippen molar-refractivity contribution in [3.63, 3.8) is 0 Å². The van der Waals surface area contributed by atoms with Crippen molar-refractivity contribution >= 4 is 21.4 Å². The average molecular weight is 283 g/mol. The van der Waals surface area contributed by atoms with Gasteiger partial charge in [-0.25, -0.2) is 13.6 Å². The summed E-state index contributed by atoms with van der Waals surface area (Å²) in [5.41, 5.74) is 7.38. The van der Waals surface area contributed by atoms with Crippen LogP contribution in [0.1, 0.15) is 32.6 Å². The smallest absolute Gasteiger partial charge is 0.238 e. The van der Waals surface area contributed by atoms with Gasteiger partial charge in [0, 0.05) is 12.6 Å². The maximum atomic E-state index is 11.4. The molecule has 0 aromatic heterocycles. The van der Waals surface area contributed by atoms with Crippen molar-refractivity contribution in [3.05, 3.63) is 18.2 Å². The standard InChI is InChI=1S/C13H21N3O2S/c1-10-5-3-2-4-8-16(10)13-9-11(19(15,17)18)6-7-12(13)14/h6-7,9-10H,2-5,8,14H2,1H3,(H2,15,17,18). The zero-order valence-corrected chi connectivity index (χ0v) is 12.0. The molecule has 0 aliphatic carbocycles. The van der Waals surface area contributed by atoms with E-state index in [9.17, 15) is 8.42 Å². The first-order valence-corrected chi connectivity index (χ1v) is 8.13. The minimum absolute atomic E-state index is 0.119. The van der Waals surface area contributed by atoms with Crippen molar-refractivity contribution in [2.75, 3.05) is 17.2 Å². The third-order valence-corrected chi connectivity index (χ3v) is 4.60. The van der Waals surface area contributed by atoms with Gasteiger partial charge in [0.05, 0.1) is 16.3 Å². The van der Waals surface area contributed by atoms with E-state index in [1.54, 1.807) is 12.1 Å². The molecule has 19 heavy (non-hydrogen) atoms. The van der Waals surface area contributed by atoms with Crippen LogP contribution in [0.5, 0.6) is 0 Å². The van der Waals surface area contributed by atoms with Gasteiger partial charge in [0.2, 0.25) is 10.0 Å². The van der Waals surface area contributed by atoms with E-state index in [1.165, 1.54) is 18.9 Å². The molecule has 106 valence electrons. The van der Waals surface area contributed by atoms with Gasteiger partial charge in [-0.1, -0.05) is 12.8 Å². The summed E-state index contributed by atoms with van der Waals surface area (Å²) in [5.74, 6) is 0. The molecule has 0 amide bonds. The van der Waals surface area contributed by atoms with E-state index in [0.717, 1.165) is 25.1 Å². The number of benzene rings is 1. The molecule has 1 aromatic rings. The lowest BCUT2D eigenvalue weighted by atomic mass is 10.1. The van der Waals surface area contributed by atoms with Crippen molar-refractivity contribution in [1.29, 1.82) is 0 Å². The van der Waals surface area contributed by atoms with Gasteiger partial charge >= 0.3 is 0 Å². The molecule has 1 unspecified atom stereocenters. The highest BCUT2D eigenvalue weighted by molar-refractivity contribution is 7.89. The van der Waals surface area contributed by atoms with Gasteiger partial charge < -0.3 is 10.6 Å². The molecule has 0 spiro atoms. The first-order chi connectivity index (χ1) is 8.89. The summed E-state index contributed by atoms with van der Waals surface area (Å²) < 4.78 is 22.9. The number of sulfonamides is 1. The SMILES string of the molecule is CC1CCCCCN1c1cc(S(N)(=O)=O)ccc1N. The first-order valence-electron chi connectivity index (χ1n) is 6.58. The van der Waals surface area contributed by atoms with Gasteiger partial charge in [0.15, 0.2) is 0 Å². The Hall–Kier alpha value is -1.27. The molecule has 0 saturated carbocycles.